The minimum absolute atomic E-state index is 0.0121. The summed E-state index contributed by atoms with van der Waals surface area (Å²) in [5, 5.41) is 8.96. The van der Waals surface area contributed by atoms with Gasteiger partial charge in [0.25, 0.3) is 0 Å². The van der Waals surface area contributed by atoms with E-state index in [-0.39, 0.29) is 11.1 Å². The molecule has 22 heavy (non-hydrogen) atoms. The van der Waals surface area contributed by atoms with Crippen LogP contribution < -0.4 is 0 Å². The molecule has 2 rings (SSSR count). The third kappa shape index (κ3) is 3.16. The quantitative estimate of drug-likeness (QED) is 0.881. The van der Waals surface area contributed by atoms with Crippen LogP contribution in [-0.2, 0) is 0 Å². The van der Waals surface area contributed by atoms with Gasteiger partial charge in [-0.2, -0.15) is 0 Å². The van der Waals surface area contributed by atoms with Gasteiger partial charge in [0.05, 0.1) is 5.56 Å². The zero-order valence-electron chi connectivity index (χ0n) is 12.7. The van der Waals surface area contributed by atoms with E-state index >= 15 is 0 Å². The van der Waals surface area contributed by atoms with Crippen molar-refractivity contribution in [2.75, 3.05) is 0 Å². The lowest BCUT2D eigenvalue weighted by molar-refractivity contribution is 0.0697. The van der Waals surface area contributed by atoms with E-state index in [0.717, 1.165) is 0 Å². The van der Waals surface area contributed by atoms with Crippen molar-refractivity contribution in [1.29, 1.82) is 0 Å². The molecule has 0 bridgehead atoms. The van der Waals surface area contributed by atoms with Gasteiger partial charge >= 0.3 is 5.97 Å². The normalized spacial score (nSPS) is 13.0. The molecule has 2 nitrogen and oxygen atoms in total. The molecule has 0 aliphatic carbocycles. The summed E-state index contributed by atoms with van der Waals surface area (Å²) >= 11 is 0. The SMILES string of the molecule is CC(C)(C)C(c1ccc(C(=O)O)cc1)c1c(F)cccc1F. The van der Waals surface area contributed by atoms with Crippen LogP contribution in [0, 0.1) is 17.0 Å². The Morgan fingerprint density at radius 1 is 1.00 bits per heavy atom. The summed E-state index contributed by atoms with van der Waals surface area (Å²) in [5.74, 6) is -2.74. The second-order valence-corrected chi connectivity index (χ2v) is 6.36. The zero-order chi connectivity index (χ0) is 16.5. The maximum Gasteiger partial charge on any atom is 0.335 e. The van der Waals surface area contributed by atoms with Gasteiger partial charge in [0.1, 0.15) is 11.6 Å². The number of benzene rings is 2. The van der Waals surface area contributed by atoms with E-state index in [4.69, 9.17) is 5.11 Å². The van der Waals surface area contributed by atoms with Crippen LogP contribution in [0.2, 0.25) is 0 Å². The standard InChI is InChI=1S/C18H18F2O2/c1-18(2,3)16(15-13(19)5-4-6-14(15)20)11-7-9-12(10-8-11)17(21)22/h4-10,16H,1-3H3,(H,21,22). The van der Waals surface area contributed by atoms with Crippen LogP contribution in [0.25, 0.3) is 0 Å². The third-order valence-electron chi connectivity index (χ3n) is 3.65. The summed E-state index contributed by atoms with van der Waals surface area (Å²) < 4.78 is 28.4. The van der Waals surface area contributed by atoms with E-state index in [9.17, 15) is 13.6 Å². The Bertz CT molecular complexity index is 665. The van der Waals surface area contributed by atoms with Crippen molar-refractivity contribution in [3.63, 3.8) is 0 Å². The molecule has 0 heterocycles. The third-order valence-corrected chi connectivity index (χ3v) is 3.65. The van der Waals surface area contributed by atoms with Gasteiger partial charge in [-0.3, -0.25) is 0 Å². The second kappa shape index (κ2) is 5.87. The van der Waals surface area contributed by atoms with E-state index in [2.05, 4.69) is 0 Å². The molecule has 0 spiro atoms. The monoisotopic (exact) mass is 304 g/mol. The lowest BCUT2D eigenvalue weighted by atomic mass is 9.72. The summed E-state index contributed by atoms with van der Waals surface area (Å²) in [6, 6.07) is 9.95. The fourth-order valence-corrected chi connectivity index (χ4v) is 2.70. The number of halogens is 2. The number of carbonyl (C=O) groups is 1. The minimum atomic E-state index is -1.03. The highest BCUT2D eigenvalue weighted by molar-refractivity contribution is 5.87. The van der Waals surface area contributed by atoms with E-state index in [1.165, 1.54) is 30.3 Å². The molecular weight excluding hydrogens is 286 g/mol. The minimum Gasteiger partial charge on any atom is -0.478 e. The Balaban J connectivity index is 2.59. The van der Waals surface area contributed by atoms with Crippen molar-refractivity contribution in [3.8, 4) is 0 Å². The fourth-order valence-electron chi connectivity index (χ4n) is 2.70. The lowest BCUT2D eigenvalue weighted by Crippen LogP contribution is -2.22. The largest absolute Gasteiger partial charge is 0.478 e. The predicted molar refractivity (Wildman–Crippen MR) is 81.1 cm³/mol. The molecule has 1 N–H and O–H groups in total. The first-order valence-electron chi connectivity index (χ1n) is 6.99. The summed E-state index contributed by atoms with van der Waals surface area (Å²) in [6.07, 6.45) is 0. The van der Waals surface area contributed by atoms with Crippen molar-refractivity contribution >= 4 is 5.97 Å². The van der Waals surface area contributed by atoms with E-state index in [0.29, 0.717) is 5.56 Å². The highest BCUT2D eigenvalue weighted by Gasteiger charge is 2.32. The fraction of sp³-hybridized carbons (Fsp3) is 0.278. The Labute approximate surface area is 128 Å². The molecule has 0 saturated heterocycles. The van der Waals surface area contributed by atoms with Crippen LogP contribution in [0.3, 0.4) is 0 Å². The molecule has 0 aromatic heterocycles. The molecule has 1 atom stereocenters. The molecule has 1 unspecified atom stereocenters. The first kappa shape index (κ1) is 16.1. The van der Waals surface area contributed by atoms with Crippen molar-refractivity contribution in [1.82, 2.24) is 0 Å². The van der Waals surface area contributed by atoms with Crippen LogP contribution in [0.15, 0.2) is 42.5 Å². The maximum atomic E-state index is 14.2. The maximum absolute atomic E-state index is 14.2. The molecular formula is C18H18F2O2. The van der Waals surface area contributed by atoms with Gasteiger partial charge in [-0.15, -0.1) is 0 Å². The Kier molecular flexibility index (Phi) is 4.31. The van der Waals surface area contributed by atoms with Crippen molar-refractivity contribution < 1.29 is 18.7 Å². The van der Waals surface area contributed by atoms with Gasteiger partial charge in [-0.05, 0) is 35.2 Å². The van der Waals surface area contributed by atoms with Gasteiger partial charge in [-0.25, -0.2) is 13.6 Å². The number of hydrogen-bond acceptors (Lipinski definition) is 1. The number of hydrogen-bond donors (Lipinski definition) is 1. The van der Waals surface area contributed by atoms with Crippen molar-refractivity contribution in [2.45, 2.75) is 26.7 Å². The highest BCUT2D eigenvalue weighted by Crippen LogP contribution is 2.42. The molecule has 0 radical (unpaired) electrons. The van der Waals surface area contributed by atoms with Crippen molar-refractivity contribution in [3.05, 3.63) is 70.8 Å². The summed E-state index contributed by atoms with van der Waals surface area (Å²) in [4.78, 5) is 10.9. The summed E-state index contributed by atoms with van der Waals surface area (Å²) in [5.41, 5.74) is 0.401. The second-order valence-electron chi connectivity index (χ2n) is 6.36. The number of aromatic carboxylic acids is 1. The van der Waals surface area contributed by atoms with E-state index < -0.39 is 28.9 Å². The van der Waals surface area contributed by atoms with Gasteiger partial charge in [0.15, 0.2) is 0 Å². The van der Waals surface area contributed by atoms with Gasteiger partial charge in [-0.1, -0.05) is 39.0 Å². The van der Waals surface area contributed by atoms with Crippen LogP contribution in [0.5, 0.6) is 0 Å². The predicted octanol–water partition coefficient (Wildman–Crippen LogP) is 4.84. The summed E-state index contributed by atoms with van der Waals surface area (Å²) in [7, 11) is 0. The molecule has 0 amide bonds. The first-order valence-corrected chi connectivity index (χ1v) is 6.99. The van der Waals surface area contributed by atoms with Crippen LogP contribution in [-0.4, -0.2) is 11.1 Å². The smallest absolute Gasteiger partial charge is 0.335 e. The summed E-state index contributed by atoms with van der Waals surface area (Å²) in [6.45, 7) is 5.69. The van der Waals surface area contributed by atoms with E-state index in [1.54, 1.807) is 12.1 Å². The van der Waals surface area contributed by atoms with Gasteiger partial charge < -0.3 is 5.11 Å². The molecule has 2 aromatic carbocycles. The van der Waals surface area contributed by atoms with Crippen LogP contribution in [0.4, 0.5) is 8.78 Å². The Morgan fingerprint density at radius 3 is 1.91 bits per heavy atom. The number of carboxylic acids is 1. The molecule has 2 aromatic rings. The molecule has 0 aliphatic heterocycles. The van der Waals surface area contributed by atoms with Crippen LogP contribution in [0.1, 0.15) is 48.2 Å². The number of rotatable bonds is 3. The average molecular weight is 304 g/mol. The average Bonchev–Trinajstić information content (AvgIpc) is 2.42. The number of carboxylic acid groups (broad SMARTS) is 1. The highest BCUT2D eigenvalue weighted by atomic mass is 19.1. The molecule has 0 saturated carbocycles. The molecule has 116 valence electrons. The molecule has 0 fully saturated rings. The topological polar surface area (TPSA) is 37.3 Å². The van der Waals surface area contributed by atoms with E-state index in [1.807, 2.05) is 20.8 Å². The van der Waals surface area contributed by atoms with Gasteiger partial charge in [0, 0.05) is 11.5 Å². The molecule has 0 aliphatic rings. The zero-order valence-corrected chi connectivity index (χ0v) is 12.7. The Hall–Kier alpha value is -2.23. The van der Waals surface area contributed by atoms with Crippen LogP contribution >= 0.6 is 0 Å². The first-order chi connectivity index (χ1) is 10.2. The lowest BCUT2D eigenvalue weighted by Gasteiger charge is -2.32. The molecule has 4 heteroatoms. The van der Waals surface area contributed by atoms with Crippen molar-refractivity contribution in [2.24, 2.45) is 5.41 Å². The van der Waals surface area contributed by atoms with Gasteiger partial charge in [0.2, 0.25) is 0 Å². The Morgan fingerprint density at radius 2 is 1.50 bits per heavy atom.